The van der Waals surface area contributed by atoms with Crippen molar-refractivity contribution in [2.75, 3.05) is 6.54 Å². The molecule has 0 N–H and O–H groups in total. The second kappa shape index (κ2) is 3.38. The molecule has 0 saturated heterocycles. The van der Waals surface area contributed by atoms with E-state index in [-0.39, 0.29) is 18.2 Å². The van der Waals surface area contributed by atoms with E-state index in [1.165, 1.54) is 12.3 Å². The second-order valence-corrected chi connectivity index (χ2v) is 1.30. The predicted octanol–water partition coefficient (Wildman–Crippen LogP) is 0.618. The highest BCUT2D eigenvalue weighted by Crippen LogP contribution is 1.82. The molecular formula is C5H6ClNO. The van der Waals surface area contributed by atoms with Crippen molar-refractivity contribution in [2.45, 2.75) is 0 Å². The number of carbonyl (C=O) groups is 1. The smallest absolute Gasteiger partial charge is 0.196 e. The Morgan fingerprint density at radius 3 is 2.62 bits per heavy atom. The van der Waals surface area contributed by atoms with Crippen LogP contribution in [0.4, 0.5) is 0 Å². The first-order valence-electron chi connectivity index (χ1n) is 2.10. The quantitative estimate of drug-likeness (QED) is 0.474. The molecule has 0 unspecified atom stereocenters. The van der Waals surface area contributed by atoms with Crippen LogP contribution in [0.1, 0.15) is 0 Å². The molecule has 0 bridgehead atoms. The molecule has 2 nitrogen and oxygen atoms in total. The summed E-state index contributed by atoms with van der Waals surface area (Å²) in [5.74, 6) is -0.00810. The Kier molecular flexibility index (Phi) is 3.12. The molecule has 8 heavy (non-hydrogen) atoms. The molecule has 0 aromatic heterocycles. The molecule has 0 saturated carbocycles. The summed E-state index contributed by atoms with van der Waals surface area (Å²) in [7, 11) is 0. The molecule has 0 aliphatic carbocycles. The van der Waals surface area contributed by atoms with Crippen molar-refractivity contribution in [1.82, 2.24) is 0 Å². The minimum Gasteiger partial charge on any atom is -0.288 e. The summed E-state index contributed by atoms with van der Waals surface area (Å²) < 4.78 is 0. The van der Waals surface area contributed by atoms with Gasteiger partial charge >= 0.3 is 0 Å². The van der Waals surface area contributed by atoms with Crippen LogP contribution in [-0.4, -0.2) is 18.5 Å². The molecule has 0 spiro atoms. The molecule has 0 radical (unpaired) electrons. The maximum atomic E-state index is 10.2. The fraction of sp³-hybridized carbons (Fsp3) is 0.200. The van der Waals surface area contributed by atoms with Gasteiger partial charge in [-0.15, -0.1) is 12.4 Å². The molecule has 0 atom stereocenters. The Hall–Kier alpha value is -0.630. The van der Waals surface area contributed by atoms with Gasteiger partial charge < -0.3 is 0 Å². The van der Waals surface area contributed by atoms with E-state index in [1.54, 1.807) is 6.08 Å². The van der Waals surface area contributed by atoms with Gasteiger partial charge in [0.1, 0.15) is 0 Å². The van der Waals surface area contributed by atoms with E-state index < -0.39 is 0 Å². The summed E-state index contributed by atoms with van der Waals surface area (Å²) in [6, 6.07) is 0. The normalized spacial score (nSPS) is 15.8. The lowest BCUT2D eigenvalue weighted by atomic mass is 10.3. The molecule has 3 heteroatoms. The summed E-state index contributed by atoms with van der Waals surface area (Å²) in [4.78, 5) is 13.9. The lowest BCUT2D eigenvalue weighted by Gasteiger charge is -1.87. The monoisotopic (exact) mass is 131 g/mol. The lowest BCUT2D eigenvalue weighted by Crippen LogP contribution is -1.98. The van der Waals surface area contributed by atoms with E-state index in [1.807, 2.05) is 0 Å². The van der Waals surface area contributed by atoms with Crippen molar-refractivity contribution < 1.29 is 4.79 Å². The molecule has 44 valence electrons. The Balaban J connectivity index is 0.000000490. The molecule has 1 aliphatic rings. The van der Waals surface area contributed by atoms with Crippen molar-refractivity contribution >= 4 is 24.4 Å². The van der Waals surface area contributed by atoms with Gasteiger partial charge in [-0.25, -0.2) is 0 Å². The van der Waals surface area contributed by atoms with Crippen molar-refractivity contribution in [3.63, 3.8) is 0 Å². The highest BCUT2D eigenvalue weighted by atomic mass is 35.5. The van der Waals surface area contributed by atoms with E-state index in [0.717, 1.165) is 0 Å². The molecule has 1 aliphatic heterocycles. The third-order valence-corrected chi connectivity index (χ3v) is 0.711. The number of hydrogen-bond donors (Lipinski definition) is 0. The number of nitrogens with zero attached hydrogens (tertiary/aromatic N) is 1. The topological polar surface area (TPSA) is 29.4 Å². The van der Waals surface area contributed by atoms with Crippen LogP contribution in [0, 0.1) is 0 Å². The molecule has 0 aromatic carbocycles. The average molecular weight is 132 g/mol. The van der Waals surface area contributed by atoms with E-state index in [9.17, 15) is 4.79 Å². The van der Waals surface area contributed by atoms with Crippen LogP contribution in [0.5, 0.6) is 0 Å². The van der Waals surface area contributed by atoms with E-state index in [4.69, 9.17) is 0 Å². The van der Waals surface area contributed by atoms with Crippen LogP contribution < -0.4 is 0 Å². The third kappa shape index (κ3) is 1.89. The molecular weight excluding hydrogens is 126 g/mol. The van der Waals surface area contributed by atoms with Gasteiger partial charge in [-0.2, -0.15) is 0 Å². The summed E-state index contributed by atoms with van der Waals surface area (Å²) in [6.07, 6.45) is 4.59. The number of rotatable bonds is 0. The van der Waals surface area contributed by atoms with Crippen molar-refractivity contribution in [1.29, 1.82) is 0 Å². The molecule has 0 aromatic rings. The Morgan fingerprint density at radius 1 is 1.62 bits per heavy atom. The van der Waals surface area contributed by atoms with Gasteiger partial charge in [0.2, 0.25) is 0 Å². The Bertz CT molecular complexity index is 125. The number of dihydropyridines is 1. The minimum atomic E-state index is -0.00810. The molecule has 1 heterocycles. The number of carbonyl (C=O) groups excluding carboxylic acids is 1. The first-order valence-corrected chi connectivity index (χ1v) is 2.10. The predicted molar refractivity (Wildman–Crippen MR) is 34.8 cm³/mol. The van der Waals surface area contributed by atoms with Gasteiger partial charge in [0.05, 0.1) is 12.8 Å². The SMILES string of the molecule is Cl.O=C1C=CCN=C1. The molecule has 0 amide bonds. The zero-order chi connectivity index (χ0) is 5.11. The lowest BCUT2D eigenvalue weighted by molar-refractivity contribution is -0.108. The molecule has 0 fully saturated rings. The highest BCUT2D eigenvalue weighted by molar-refractivity contribution is 6.33. The summed E-state index contributed by atoms with van der Waals surface area (Å²) in [6.45, 7) is 0.658. The fourth-order valence-electron chi connectivity index (χ4n) is 0.415. The first-order chi connectivity index (χ1) is 3.39. The molecule has 1 rings (SSSR count). The third-order valence-electron chi connectivity index (χ3n) is 0.711. The fourth-order valence-corrected chi connectivity index (χ4v) is 0.415. The summed E-state index contributed by atoms with van der Waals surface area (Å²) in [5, 5.41) is 0. The van der Waals surface area contributed by atoms with Gasteiger partial charge in [0.25, 0.3) is 0 Å². The average Bonchev–Trinajstić information content (AvgIpc) is 1.69. The van der Waals surface area contributed by atoms with Crippen LogP contribution in [-0.2, 0) is 4.79 Å². The van der Waals surface area contributed by atoms with Crippen LogP contribution in [0.15, 0.2) is 17.1 Å². The number of aliphatic imine (C=N–C) groups is 1. The van der Waals surface area contributed by atoms with Crippen molar-refractivity contribution in [2.24, 2.45) is 4.99 Å². The number of halogens is 1. The zero-order valence-corrected chi connectivity index (χ0v) is 5.02. The summed E-state index contributed by atoms with van der Waals surface area (Å²) >= 11 is 0. The Labute approximate surface area is 53.7 Å². The maximum Gasteiger partial charge on any atom is 0.196 e. The number of ketones is 1. The van der Waals surface area contributed by atoms with E-state index in [0.29, 0.717) is 6.54 Å². The van der Waals surface area contributed by atoms with Gasteiger partial charge in [0.15, 0.2) is 5.78 Å². The van der Waals surface area contributed by atoms with Gasteiger partial charge in [-0.05, 0) is 6.08 Å². The van der Waals surface area contributed by atoms with Gasteiger partial charge in [0, 0.05) is 0 Å². The Morgan fingerprint density at radius 2 is 2.38 bits per heavy atom. The highest BCUT2D eigenvalue weighted by Gasteiger charge is 1.90. The van der Waals surface area contributed by atoms with Crippen LogP contribution in [0.2, 0.25) is 0 Å². The standard InChI is InChI=1S/C5H5NO.ClH/c7-5-2-1-3-6-4-5;/h1-2,4H,3H2;1H. The van der Waals surface area contributed by atoms with Gasteiger partial charge in [-0.1, -0.05) is 6.08 Å². The van der Waals surface area contributed by atoms with Crippen LogP contribution in [0.3, 0.4) is 0 Å². The number of allylic oxidation sites excluding steroid dienone is 1. The minimum absolute atomic E-state index is 0. The largest absolute Gasteiger partial charge is 0.288 e. The summed E-state index contributed by atoms with van der Waals surface area (Å²) in [5.41, 5.74) is 0. The van der Waals surface area contributed by atoms with Crippen LogP contribution in [0.25, 0.3) is 0 Å². The second-order valence-electron chi connectivity index (χ2n) is 1.30. The van der Waals surface area contributed by atoms with Crippen molar-refractivity contribution in [3.05, 3.63) is 12.2 Å². The maximum absolute atomic E-state index is 10.2. The van der Waals surface area contributed by atoms with E-state index in [2.05, 4.69) is 4.99 Å². The first kappa shape index (κ1) is 7.37. The van der Waals surface area contributed by atoms with Crippen molar-refractivity contribution in [3.8, 4) is 0 Å². The van der Waals surface area contributed by atoms with E-state index >= 15 is 0 Å². The number of hydrogen-bond acceptors (Lipinski definition) is 2. The van der Waals surface area contributed by atoms with Crippen LogP contribution >= 0.6 is 12.4 Å². The van der Waals surface area contributed by atoms with Gasteiger partial charge in [-0.3, -0.25) is 9.79 Å². The zero-order valence-electron chi connectivity index (χ0n) is 4.20.